The highest BCUT2D eigenvalue weighted by atomic mass is 16.4. The summed E-state index contributed by atoms with van der Waals surface area (Å²) in [7, 11) is 0. The Morgan fingerprint density at radius 2 is 2.16 bits per heavy atom. The van der Waals surface area contributed by atoms with E-state index in [2.05, 4.69) is 20.2 Å². The predicted octanol–water partition coefficient (Wildman–Crippen LogP) is 1.52. The van der Waals surface area contributed by atoms with Gasteiger partial charge >= 0.3 is 5.97 Å². The van der Waals surface area contributed by atoms with Crippen LogP contribution in [0.1, 0.15) is 25.6 Å². The third-order valence-corrected chi connectivity index (χ3v) is 3.35. The topological polar surface area (TPSA) is 78.4 Å². The van der Waals surface area contributed by atoms with Crippen molar-refractivity contribution in [3.8, 4) is 0 Å². The molecule has 0 radical (unpaired) electrons. The Bertz CT molecular complexity index is 456. The van der Waals surface area contributed by atoms with Crippen LogP contribution < -0.4 is 10.2 Å². The maximum Gasteiger partial charge on any atom is 0.306 e. The lowest BCUT2D eigenvalue weighted by Gasteiger charge is -2.31. The number of carboxylic acids is 1. The Labute approximate surface area is 112 Å². The van der Waals surface area contributed by atoms with E-state index in [4.69, 9.17) is 5.11 Å². The number of nitrogens with one attached hydrogen (secondary N) is 1. The minimum absolute atomic E-state index is 0.215. The van der Waals surface area contributed by atoms with Crippen LogP contribution in [-0.4, -0.2) is 40.7 Å². The van der Waals surface area contributed by atoms with E-state index in [1.165, 1.54) is 0 Å². The summed E-state index contributed by atoms with van der Waals surface area (Å²) >= 11 is 0. The first-order valence-corrected chi connectivity index (χ1v) is 6.67. The van der Waals surface area contributed by atoms with Crippen molar-refractivity contribution in [3.05, 3.63) is 11.9 Å². The van der Waals surface area contributed by atoms with Crippen LogP contribution in [-0.2, 0) is 4.79 Å². The van der Waals surface area contributed by atoms with Gasteiger partial charge in [-0.05, 0) is 26.7 Å². The summed E-state index contributed by atoms with van der Waals surface area (Å²) in [5.74, 6) is 1.53. The van der Waals surface area contributed by atoms with E-state index in [0.717, 1.165) is 37.1 Å². The quantitative estimate of drug-likeness (QED) is 0.858. The summed E-state index contributed by atoms with van der Waals surface area (Å²) < 4.78 is 0. The minimum Gasteiger partial charge on any atom is -0.481 e. The Morgan fingerprint density at radius 3 is 2.74 bits per heavy atom. The van der Waals surface area contributed by atoms with Crippen molar-refractivity contribution in [1.82, 2.24) is 9.97 Å². The Kier molecular flexibility index (Phi) is 4.19. The highest BCUT2D eigenvalue weighted by Gasteiger charge is 2.25. The van der Waals surface area contributed by atoms with Crippen LogP contribution in [0.3, 0.4) is 0 Å². The number of hydrogen-bond donors (Lipinski definition) is 2. The highest BCUT2D eigenvalue weighted by Crippen LogP contribution is 2.23. The van der Waals surface area contributed by atoms with Crippen molar-refractivity contribution in [2.75, 3.05) is 29.9 Å². The predicted molar refractivity (Wildman–Crippen MR) is 73.5 cm³/mol. The summed E-state index contributed by atoms with van der Waals surface area (Å²) in [5, 5.41) is 12.2. The number of carbonyl (C=O) groups is 1. The van der Waals surface area contributed by atoms with Gasteiger partial charge in [-0.2, -0.15) is 0 Å². The van der Waals surface area contributed by atoms with E-state index >= 15 is 0 Å². The number of nitrogens with zero attached hydrogens (tertiary/aromatic N) is 3. The number of aryl methyl sites for hydroxylation is 1. The van der Waals surface area contributed by atoms with Crippen LogP contribution in [0, 0.1) is 12.8 Å². The fraction of sp³-hybridized carbons (Fsp3) is 0.615. The van der Waals surface area contributed by atoms with Crippen molar-refractivity contribution < 1.29 is 9.90 Å². The fourth-order valence-corrected chi connectivity index (χ4v) is 2.34. The van der Waals surface area contributed by atoms with Crippen LogP contribution >= 0.6 is 0 Å². The van der Waals surface area contributed by atoms with Crippen molar-refractivity contribution in [3.63, 3.8) is 0 Å². The molecule has 19 heavy (non-hydrogen) atoms. The molecule has 0 spiro atoms. The van der Waals surface area contributed by atoms with Gasteiger partial charge in [-0.3, -0.25) is 4.79 Å². The Morgan fingerprint density at radius 1 is 1.47 bits per heavy atom. The third kappa shape index (κ3) is 3.33. The third-order valence-electron chi connectivity index (χ3n) is 3.35. The molecule has 2 N–H and O–H groups in total. The number of hydrogen-bond acceptors (Lipinski definition) is 5. The molecular formula is C13H20N4O2. The molecule has 0 aromatic carbocycles. The molecule has 1 aromatic heterocycles. The monoisotopic (exact) mass is 264 g/mol. The molecule has 1 aromatic rings. The van der Waals surface area contributed by atoms with E-state index < -0.39 is 5.97 Å². The Hall–Kier alpha value is -1.85. The van der Waals surface area contributed by atoms with E-state index in [0.29, 0.717) is 12.8 Å². The normalized spacial score (nSPS) is 16.4. The van der Waals surface area contributed by atoms with Crippen LogP contribution in [0.4, 0.5) is 11.6 Å². The van der Waals surface area contributed by atoms with E-state index in [-0.39, 0.29) is 5.92 Å². The molecule has 0 atom stereocenters. The van der Waals surface area contributed by atoms with Gasteiger partial charge in [-0.1, -0.05) is 0 Å². The van der Waals surface area contributed by atoms with Crippen LogP contribution in [0.25, 0.3) is 0 Å². The second-order valence-electron chi connectivity index (χ2n) is 4.79. The molecule has 0 bridgehead atoms. The van der Waals surface area contributed by atoms with Gasteiger partial charge in [0, 0.05) is 25.7 Å². The molecule has 6 heteroatoms. The molecule has 1 saturated heterocycles. The van der Waals surface area contributed by atoms with Gasteiger partial charge in [0.05, 0.1) is 5.92 Å². The smallest absolute Gasteiger partial charge is 0.306 e. The molecule has 6 nitrogen and oxygen atoms in total. The zero-order chi connectivity index (χ0) is 13.8. The second-order valence-corrected chi connectivity index (χ2v) is 4.79. The standard InChI is InChI=1S/C13H20N4O2/c1-3-14-11-8-12(16-9(2)15-11)17-6-4-10(5-7-17)13(18)19/h8,10H,3-7H2,1-2H3,(H,18,19)(H,14,15,16). The van der Waals surface area contributed by atoms with Crippen molar-refractivity contribution in [2.45, 2.75) is 26.7 Å². The molecule has 1 aliphatic heterocycles. The van der Waals surface area contributed by atoms with Gasteiger partial charge < -0.3 is 15.3 Å². The lowest BCUT2D eigenvalue weighted by atomic mass is 9.97. The fourth-order valence-electron chi connectivity index (χ4n) is 2.34. The average molecular weight is 264 g/mol. The molecule has 2 rings (SSSR count). The van der Waals surface area contributed by atoms with Gasteiger partial charge in [0.1, 0.15) is 17.5 Å². The lowest BCUT2D eigenvalue weighted by Crippen LogP contribution is -2.37. The Balaban J connectivity index is 2.08. The molecule has 1 aliphatic rings. The summed E-state index contributed by atoms with van der Waals surface area (Å²) in [4.78, 5) is 21.8. The molecule has 0 saturated carbocycles. The van der Waals surface area contributed by atoms with Crippen molar-refractivity contribution >= 4 is 17.6 Å². The van der Waals surface area contributed by atoms with E-state index in [9.17, 15) is 4.79 Å². The average Bonchev–Trinajstić information content (AvgIpc) is 2.38. The number of anilines is 2. The molecule has 0 amide bonds. The first-order chi connectivity index (χ1) is 9.10. The molecule has 0 unspecified atom stereocenters. The zero-order valence-electron chi connectivity index (χ0n) is 11.4. The van der Waals surface area contributed by atoms with E-state index in [1.54, 1.807) is 0 Å². The molecule has 104 valence electrons. The first kappa shape index (κ1) is 13.6. The van der Waals surface area contributed by atoms with Gasteiger partial charge in [0.2, 0.25) is 0 Å². The maximum absolute atomic E-state index is 10.9. The number of piperidine rings is 1. The number of rotatable bonds is 4. The summed E-state index contributed by atoms with van der Waals surface area (Å²) in [6.07, 6.45) is 1.35. The van der Waals surface area contributed by atoms with Gasteiger partial charge in [0.25, 0.3) is 0 Å². The largest absolute Gasteiger partial charge is 0.481 e. The van der Waals surface area contributed by atoms with Crippen LogP contribution in [0.15, 0.2) is 6.07 Å². The number of carboxylic acid groups (broad SMARTS) is 1. The molecule has 2 heterocycles. The molecular weight excluding hydrogens is 244 g/mol. The summed E-state index contributed by atoms with van der Waals surface area (Å²) in [6.45, 7) is 6.18. The number of aliphatic carboxylic acids is 1. The van der Waals surface area contributed by atoms with Gasteiger partial charge in [0.15, 0.2) is 0 Å². The van der Waals surface area contributed by atoms with Crippen LogP contribution in [0.5, 0.6) is 0 Å². The minimum atomic E-state index is -0.688. The molecule has 1 fully saturated rings. The van der Waals surface area contributed by atoms with Gasteiger partial charge in [-0.15, -0.1) is 0 Å². The first-order valence-electron chi connectivity index (χ1n) is 6.67. The van der Waals surface area contributed by atoms with E-state index in [1.807, 2.05) is 19.9 Å². The molecule has 0 aliphatic carbocycles. The van der Waals surface area contributed by atoms with Crippen molar-refractivity contribution in [2.24, 2.45) is 5.92 Å². The van der Waals surface area contributed by atoms with Crippen LogP contribution in [0.2, 0.25) is 0 Å². The summed E-state index contributed by atoms with van der Waals surface area (Å²) in [6, 6.07) is 1.93. The summed E-state index contributed by atoms with van der Waals surface area (Å²) in [5.41, 5.74) is 0. The number of aromatic nitrogens is 2. The maximum atomic E-state index is 10.9. The lowest BCUT2D eigenvalue weighted by molar-refractivity contribution is -0.142. The zero-order valence-corrected chi connectivity index (χ0v) is 11.4. The SMILES string of the molecule is CCNc1cc(N2CCC(C(=O)O)CC2)nc(C)n1. The second kappa shape index (κ2) is 5.86. The van der Waals surface area contributed by atoms with Gasteiger partial charge in [-0.25, -0.2) is 9.97 Å². The highest BCUT2D eigenvalue weighted by molar-refractivity contribution is 5.70. The van der Waals surface area contributed by atoms with Crippen molar-refractivity contribution in [1.29, 1.82) is 0 Å².